The topological polar surface area (TPSA) is 46.5 Å². The Balaban J connectivity index is 2.04. The Labute approximate surface area is 129 Å². The van der Waals surface area contributed by atoms with Crippen LogP contribution < -0.4 is 4.74 Å². The normalized spacial score (nSPS) is 10.8. The maximum absolute atomic E-state index is 13.8. The van der Waals surface area contributed by atoms with Crippen molar-refractivity contribution in [2.45, 2.75) is 6.61 Å². The Bertz CT molecular complexity index is 666. The average molecular weight is 351 g/mol. The van der Waals surface area contributed by atoms with E-state index in [0.29, 0.717) is 5.56 Å². The summed E-state index contributed by atoms with van der Waals surface area (Å²) in [7, 11) is 0. The second-order valence-electron chi connectivity index (χ2n) is 4.28. The van der Waals surface area contributed by atoms with E-state index in [2.05, 4.69) is 15.9 Å². The van der Waals surface area contributed by atoms with E-state index in [-0.39, 0.29) is 12.4 Å². The van der Waals surface area contributed by atoms with Crippen molar-refractivity contribution >= 4 is 28.0 Å². The summed E-state index contributed by atoms with van der Waals surface area (Å²) in [4.78, 5) is 10.4. The number of halogens is 2. The first-order valence-corrected chi connectivity index (χ1v) is 6.92. The van der Waals surface area contributed by atoms with Crippen molar-refractivity contribution in [2.24, 2.45) is 0 Å². The monoisotopic (exact) mass is 350 g/mol. The highest BCUT2D eigenvalue weighted by Gasteiger charge is 2.04. The first-order valence-electron chi connectivity index (χ1n) is 6.12. The zero-order chi connectivity index (χ0) is 15.2. The summed E-state index contributed by atoms with van der Waals surface area (Å²) >= 11 is 3.34. The summed E-state index contributed by atoms with van der Waals surface area (Å²) in [5.41, 5.74) is 1.39. The Morgan fingerprint density at radius 1 is 1.24 bits per heavy atom. The van der Waals surface area contributed by atoms with Gasteiger partial charge in [-0.2, -0.15) is 0 Å². The highest BCUT2D eigenvalue weighted by molar-refractivity contribution is 9.10. The second-order valence-corrected chi connectivity index (χ2v) is 5.19. The fourth-order valence-corrected chi connectivity index (χ4v) is 1.91. The zero-order valence-electron chi connectivity index (χ0n) is 10.9. The molecule has 2 rings (SSSR count). The molecule has 108 valence electrons. The number of benzene rings is 2. The molecule has 3 nitrogen and oxygen atoms in total. The molecule has 0 saturated heterocycles. The molecule has 0 heterocycles. The molecule has 0 saturated carbocycles. The van der Waals surface area contributed by atoms with Crippen LogP contribution in [0.25, 0.3) is 6.08 Å². The fourth-order valence-electron chi connectivity index (χ4n) is 1.65. The summed E-state index contributed by atoms with van der Waals surface area (Å²) in [6.07, 6.45) is 2.28. The molecule has 2 aromatic rings. The van der Waals surface area contributed by atoms with Crippen LogP contribution in [0.4, 0.5) is 4.39 Å². The Morgan fingerprint density at radius 2 is 1.95 bits per heavy atom. The third-order valence-corrected chi connectivity index (χ3v) is 3.21. The minimum atomic E-state index is -1.08. The highest BCUT2D eigenvalue weighted by Crippen LogP contribution is 2.21. The molecule has 0 fully saturated rings. The standard InChI is InChI=1S/C16H12BrFO3/c17-13-5-1-12(2-6-13)10-21-15-7-3-11(9-14(15)18)4-8-16(19)20/h1-9H,10H2,(H,19,20)/b8-4+. The quantitative estimate of drug-likeness (QED) is 0.819. The van der Waals surface area contributed by atoms with Gasteiger partial charge < -0.3 is 9.84 Å². The van der Waals surface area contributed by atoms with Crippen LogP contribution in [0.15, 0.2) is 53.0 Å². The van der Waals surface area contributed by atoms with Gasteiger partial charge in [-0.15, -0.1) is 0 Å². The average Bonchev–Trinajstić information content (AvgIpc) is 2.46. The van der Waals surface area contributed by atoms with Crippen molar-refractivity contribution in [2.75, 3.05) is 0 Å². The molecule has 0 aliphatic rings. The molecular weight excluding hydrogens is 339 g/mol. The molecule has 21 heavy (non-hydrogen) atoms. The molecule has 0 aliphatic heterocycles. The number of hydrogen-bond acceptors (Lipinski definition) is 2. The smallest absolute Gasteiger partial charge is 0.328 e. The van der Waals surface area contributed by atoms with E-state index >= 15 is 0 Å². The number of rotatable bonds is 5. The van der Waals surface area contributed by atoms with Crippen molar-refractivity contribution in [3.05, 3.63) is 70.0 Å². The van der Waals surface area contributed by atoms with E-state index in [1.807, 2.05) is 24.3 Å². The molecule has 1 N–H and O–H groups in total. The van der Waals surface area contributed by atoms with Crippen molar-refractivity contribution in [1.82, 2.24) is 0 Å². The van der Waals surface area contributed by atoms with Gasteiger partial charge >= 0.3 is 5.97 Å². The molecular formula is C16H12BrFO3. The highest BCUT2D eigenvalue weighted by atomic mass is 79.9. The molecule has 0 aromatic heterocycles. The van der Waals surface area contributed by atoms with Crippen molar-refractivity contribution < 1.29 is 19.0 Å². The number of hydrogen-bond donors (Lipinski definition) is 1. The van der Waals surface area contributed by atoms with Crippen LogP contribution in [-0.2, 0) is 11.4 Å². The lowest BCUT2D eigenvalue weighted by atomic mass is 10.2. The summed E-state index contributed by atoms with van der Waals surface area (Å²) in [5.74, 6) is -1.48. The van der Waals surface area contributed by atoms with Crippen molar-refractivity contribution in [3.8, 4) is 5.75 Å². The Hall–Kier alpha value is -2.14. The van der Waals surface area contributed by atoms with Gasteiger partial charge in [-0.05, 0) is 41.5 Å². The van der Waals surface area contributed by atoms with Crippen LogP contribution in [0.3, 0.4) is 0 Å². The van der Waals surface area contributed by atoms with Crippen LogP contribution in [0, 0.1) is 5.82 Å². The van der Waals surface area contributed by atoms with Gasteiger partial charge in [-0.1, -0.05) is 34.1 Å². The van der Waals surface area contributed by atoms with E-state index in [9.17, 15) is 9.18 Å². The molecule has 0 spiro atoms. The maximum atomic E-state index is 13.8. The summed E-state index contributed by atoms with van der Waals surface area (Å²) in [6.45, 7) is 0.258. The van der Waals surface area contributed by atoms with Crippen LogP contribution >= 0.6 is 15.9 Å². The lowest BCUT2D eigenvalue weighted by molar-refractivity contribution is -0.131. The minimum absolute atomic E-state index is 0.130. The summed E-state index contributed by atoms with van der Waals surface area (Å²) in [5, 5.41) is 8.52. The van der Waals surface area contributed by atoms with E-state index in [4.69, 9.17) is 9.84 Å². The predicted molar refractivity (Wildman–Crippen MR) is 81.5 cm³/mol. The van der Waals surface area contributed by atoms with Gasteiger partial charge in [0.25, 0.3) is 0 Å². The predicted octanol–water partition coefficient (Wildman–Crippen LogP) is 4.27. The largest absolute Gasteiger partial charge is 0.486 e. The first-order chi connectivity index (χ1) is 10.0. The first kappa shape index (κ1) is 15.3. The van der Waals surface area contributed by atoms with E-state index in [1.54, 1.807) is 6.07 Å². The lowest BCUT2D eigenvalue weighted by Crippen LogP contribution is -1.97. The molecule has 0 radical (unpaired) electrons. The van der Waals surface area contributed by atoms with Crippen LogP contribution in [0.5, 0.6) is 5.75 Å². The Kier molecular flexibility index (Phi) is 5.11. The van der Waals surface area contributed by atoms with Crippen LogP contribution in [0.1, 0.15) is 11.1 Å². The molecule has 0 bridgehead atoms. The third kappa shape index (κ3) is 4.72. The van der Waals surface area contributed by atoms with Gasteiger partial charge in [0, 0.05) is 10.5 Å². The van der Waals surface area contributed by atoms with Crippen LogP contribution in [0.2, 0.25) is 0 Å². The van der Waals surface area contributed by atoms with E-state index in [1.165, 1.54) is 18.2 Å². The number of carboxylic acid groups (broad SMARTS) is 1. The van der Waals surface area contributed by atoms with Gasteiger partial charge in [0.05, 0.1) is 0 Å². The Morgan fingerprint density at radius 3 is 2.57 bits per heavy atom. The lowest BCUT2D eigenvalue weighted by Gasteiger charge is -2.08. The van der Waals surface area contributed by atoms with Crippen LogP contribution in [-0.4, -0.2) is 11.1 Å². The van der Waals surface area contributed by atoms with E-state index < -0.39 is 11.8 Å². The molecule has 0 aliphatic carbocycles. The molecule has 5 heteroatoms. The van der Waals surface area contributed by atoms with E-state index in [0.717, 1.165) is 16.1 Å². The number of carbonyl (C=O) groups is 1. The van der Waals surface area contributed by atoms with Gasteiger partial charge in [0.1, 0.15) is 6.61 Å². The molecule has 0 unspecified atom stereocenters. The molecule has 0 amide bonds. The third-order valence-electron chi connectivity index (χ3n) is 2.68. The summed E-state index contributed by atoms with van der Waals surface area (Å²) in [6, 6.07) is 11.8. The van der Waals surface area contributed by atoms with Gasteiger partial charge in [-0.25, -0.2) is 9.18 Å². The maximum Gasteiger partial charge on any atom is 0.328 e. The second kappa shape index (κ2) is 7.04. The zero-order valence-corrected chi connectivity index (χ0v) is 12.5. The number of carboxylic acids is 1. The fraction of sp³-hybridized carbons (Fsp3) is 0.0625. The molecule has 0 atom stereocenters. The van der Waals surface area contributed by atoms with Crippen molar-refractivity contribution in [1.29, 1.82) is 0 Å². The van der Waals surface area contributed by atoms with Gasteiger partial charge in [0.2, 0.25) is 0 Å². The van der Waals surface area contributed by atoms with Gasteiger partial charge in [0.15, 0.2) is 11.6 Å². The minimum Gasteiger partial charge on any atom is -0.486 e. The molecule has 2 aromatic carbocycles. The van der Waals surface area contributed by atoms with Gasteiger partial charge in [-0.3, -0.25) is 0 Å². The SMILES string of the molecule is O=C(O)/C=C/c1ccc(OCc2ccc(Br)cc2)c(F)c1. The summed E-state index contributed by atoms with van der Waals surface area (Å²) < 4.78 is 20.2. The van der Waals surface area contributed by atoms with Crippen molar-refractivity contribution in [3.63, 3.8) is 0 Å². The number of aliphatic carboxylic acids is 1. The number of ether oxygens (including phenoxy) is 1.